The van der Waals surface area contributed by atoms with E-state index in [9.17, 15) is 9.18 Å². The molecule has 1 saturated heterocycles. The van der Waals surface area contributed by atoms with Crippen molar-refractivity contribution < 1.29 is 13.9 Å². The van der Waals surface area contributed by atoms with Crippen LogP contribution in [0.25, 0.3) is 0 Å². The summed E-state index contributed by atoms with van der Waals surface area (Å²) in [4.78, 5) is 14.8. The van der Waals surface area contributed by atoms with E-state index >= 15 is 0 Å². The van der Waals surface area contributed by atoms with Gasteiger partial charge in [-0.3, -0.25) is 15.1 Å². The van der Waals surface area contributed by atoms with E-state index in [4.69, 9.17) is 22.1 Å². The van der Waals surface area contributed by atoms with Crippen LogP contribution in [0, 0.1) is 5.82 Å². The third kappa shape index (κ3) is 4.88. The quantitative estimate of drug-likeness (QED) is 0.765. The standard InChI is InChI=1S/C19H22ClFN4O2/c1-27-18-11-17(22)16(20)10-15(18)19(26)23-25-8-6-24(7-9-25)12-13-2-4-14(21)5-3-13/h2-5,10-11H,6-9,12,22H2,1H3,(H,23,26). The van der Waals surface area contributed by atoms with Crippen molar-refractivity contribution in [3.8, 4) is 5.75 Å². The number of carbonyl (C=O) groups excluding carboxylic acids is 1. The minimum Gasteiger partial charge on any atom is -0.496 e. The molecule has 1 fully saturated rings. The SMILES string of the molecule is COc1cc(N)c(Cl)cc1C(=O)NN1CCN(Cc2ccc(F)cc2)CC1. The van der Waals surface area contributed by atoms with Gasteiger partial charge in [-0.05, 0) is 23.8 Å². The third-order valence-corrected chi connectivity index (χ3v) is 4.84. The average Bonchev–Trinajstić information content (AvgIpc) is 2.67. The highest BCUT2D eigenvalue weighted by Gasteiger charge is 2.21. The lowest BCUT2D eigenvalue weighted by molar-refractivity contribution is 0.0602. The number of halogens is 2. The maximum Gasteiger partial charge on any atom is 0.269 e. The summed E-state index contributed by atoms with van der Waals surface area (Å²) in [6, 6.07) is 9.57. The number of anilines is 1. The zero-order valence-corrected chi connectivity index (χ0v) is 15.8. The molecule has 8 heteroatoms. The molecule has 0 saturated carbocycles. The van der Waals surface area contributed by atoms with E-state index in [1.807, 2.05) is 5.01 Å². The number of methoxy groups -OCH3 is 1. The number of nitrogens with one attached hydrogen (secondary N) is 1. The second-order valence-corrected chi connectivity index (χ2v) is 6.81. The fourth-order valence-electron chi connectivity index (χ4n) is 2.99. The number of nitrogens with two attached hydrogens (primary N) is 1. The second-order valence-electron chi connectivity index (χ2n) is 6.40. The van der Waals surface area contributed by atoms with E-state index in [2.05, 4.69) is 10.3 Å². The van der Waals surface area contributed by atoms with Crippen LogP contribution in [-0.4, -0.2) is 49.1 Å². The highest BCUT2D eigenvalue weighted by Crippen LogP contribution is 2.28. The van der Waals surface area contributed by atoms with Crippen molar-refractivity contribution in [1.29, 1.82) is 0 Å². The van der Waals surface area contributed by atoms with Crippen molar-refractivity contribution in [1.82, 2.24) is 15.3 Å². The van der Waals surface area contributed by atoms with Crippen LogP contribution < -0.4 is 15.9 Å². The van der Waals surface area contributed by atoms with Crippen LogP contribution in [0.3, 0.4) is 0 Å². The van der Waals surface area contributed by atoms with E-state index in [-0.39, 0.29) is 11.7 Å². The van der Waals surface area contributed by atoms with E-state index in [0.29, 0.717) is 35.1 Å². The molecule has 1 heterocycles. The van der Waals surface area contributed by atoms with Gasteiger partial charge in [0.05, 0.1) is 23.4 Å². The molecule has 0 aromatic heterocycles. The Balaban J connectivity index is 1.55. The van der Waals surface area contributed by atoms with E-state index < -0.39 is 0 Å². The molecular formula is C19H22ClFN4O2. The Kier molecular flexibility index (Phi) is 6.15. The van der Waals surface area contributed by atoms with Gasteiger partial charge < -0.3 is 10.5 Å². The van der Waals surface area contributed by atoms with Crippen molar-refractivity contribution in [2.75, 3.05) is 39.0 Å². The summed E-state index contributed by atoms with van der Waals surface area (Å²) in [7, 11) is 1.48. The molecule has 0 unspecified atom stereocenters. The Morgan fingerprint density at radius 1 is 1.22 bits per heavy atom. The Hall–Kier alpha value is -2.35. The normalized spacial score (nSPS) is 15.5. The maximum atomic E-state index is 13.0. The lowest BCUT2D eigenvalue weighted by atomic mass is 10.1. The van der Waals surface area contributed by atoms with Gasteiger partial charge in [0.15, 0.2) is 0 Å². The average molecular weight is 393 g/mol. The van der Waals surface area contributed by atoms with Crippen molar-refractivity contribution in [2.24, 2.45) is 0 Å². The van der Waals surface area contributed by atoms with Gasteiger partial charge in [-0.2, -0.15) is 0 Å². The lowest BCUT2D eigenvalue weighted by Gasteiger charge is -2.34. The monoisotopic (exact) mass is 392 g/mol. The van der Waals surface area contributed by atoms with Crippen LogP contribution >= 0.6 is 11.6 Å². The summed E-state index contributed by atoms with van der Waals surface area (Å²) in [6.07, 6.45) is 0. The van der Waals surface area contributed by atoms with Crippen LogP contribution in [0.1, 0.15) is 15.9 Å². The Labute approximate surface area is 162 Å². The summed E-state index contributed by atoms with van der Waals surface area (Å²) in [5.74, 6) is -0.144. The van der Waals surface area contributed by atoms with Crippen LogP contribution in [0.4, 0.5) is 10.1 Å². The number of hydrogen-bond acceptors (Lipinski definition) is 5. The third-order valence-electron chi connectivity index (χ3n) is 4.51. The van der Waals surface area contributed by atoms with Crippen molar-refractivity contribution in [3.63, 3.8) is 0 Å². The van der Waals surface area contributed by atoms with Gasteiger partial charge in [-0.15, -0.1) is 0 Å². The maximum absolute atomic E-state index is 13.0. The van der Waals surface area contributed by atoms with Gasteiger partial charge in [0, 0.05) is 38.8 Å². The molecule has 0 atom stereocenters. The largest absolute Gasteiger partial charge is 0.496 e. The number of rotatable bonds is 5. The number of hydrogen-bond donors (Lipinski definition) is 2. The summed E-state index contributed by atoms with van der Waals surface area (Å²) in [5, 5.41) is 2.18. The Morgan fingerprint density at radius 2 is 1.89 bits per heavy atom. The fourth-order valence-corrected chi connectivity index (χ4v) is 3.15. The zero-order chi connectivity index (χ0) is 19.4. The minimum atomic E-state index is -0.291. The predicted molar refractivity (Wildman–Crippen MR) is 103 cm³/mol. The zero-order valence-electron chi connectivity index (χ0n) is 15.0. The van der Waals surface area contributed by atoms with Gasteiger partial charge in [0.25, 0.3) is 5.91 Å². The molecule has 3 rings (SSSR count). The first-order valence-electron chi connectivity index (χ1n) is 8.62. The highest BCUT2D eigenvalue weighted by atomic mass is 35.5. The first-order chi connectivity index (χ1) is 13.0. The molecule has 2 aromatic rings. The van der Waals surface area contributed by atoms with Gasteiger partial charge in [0.2, 0.25) is 0 Å². The molecule has 0 radical (unpaired) electrons. The lowest BCUT2D eigenvalue weighted by Crippen LogP contribution is -2.53. The summed E-state index contributed by atoms with van der Waals surface area (Å²) < 4.78 is 18.2. The number of nitrogens with zero attached hydrogens (tertiary/aromatic N) is 2. The molecular weight excluding hydrogens is 371 g/mol. The van der Waals surface area contributed by atoms with Gasteiger partial charge in [-0.1, -0.05) is 23.7 Å². The number of hydrazine groups is 1. The van der Waals surface area contributed by atoms with Gasteiger partial charge >= 0.3 is 0 Å². The molecule has 0 aliphatic carbocycles. The highest BCUT2D eigenvalue weighted by molar-refractivity contribution is 6.33. The van der Waals surface area contributed by atoms with Crippen LogP contribution in [-0.2, 0) is 6.54 Å². The Morgan fingerprint density at radius 3 is 2.52 bits per heavy atom. The second kappa shape index (κ2) is 8.56. The van der Waals surface area contributed by atoms with Crippen LogP contribution in [0.15, 0.2) is 36.4 Å². The minimum absolute atomic E-state index is 0.232. The first kappa shape index (κ1) is 19.4. The molecule has 6 nitrogen and oxygen atoms in total. The molecule has 27 heavy (non-hydrogen) atoms. The Bertz CT molecular complexity index is 808. The predicted octanol–water partition coefficient (Wildman–Crippen LogP) is 2.53. The summed E-state index contributed by atoms with van der Waals surface area (Å²) in [5.41, 5.74) is 10.4. The number of ether oxygens (including phenoxy) is 1. The topological polar surface area (TPSA) is 70.8 Å². The van der Waals surface area contributed by atoms with Crippen LogP contribution in [0.5, 0.6) is 5.75 Å². The molecule has 3 N–H and O–H groups in total. The number of carbonyl (C=O) groups is 1. The smallest absolute Gasteiger partial charge is 0.269 e. The summed E-state index contributed by atoms with van der Waals surface area (Å²) >= 11 is 6.03. The van der Waals surface area contributed by atoms with Crippen LogP contribution in [0.2, 0.25) is 5.02 Å². The van der Waals surface area contributed by atoms with Crippen molar-refractivity contribution in [3.05, 3.63) is 58.4 Å². The molecule has 1 amide bonds. The summed E-state index contributed by atoms with van der Waals surface area (Å²) in [6.45, 7) is 3.69. The van der Waals surface area contributed by atoms with Crippen molar-refractivity contribution >= 4 is 23.2 Å². The molecule has 144 valence electrons. The number of nitrogen functional groups attached to an aromatic ring is 1. The molecule has 0 spiro atoms. The number of amides is 1. The van der Waals surface area contributed by atoms with Gasteiger partial charge in [-0.25, -0.2) is 9.40 Å². The van der Waals surface area contributed by atoms with Crippen molar-refractivity contribution in [2.45, 2.75) is 6.54 Å². The van der Waals surface area contributed by atoms with E-state index in [1.54, 1.807) is 12.1 Å². The number of benzene rings is 2. The molecule has 2 aromatic carbocycles. The molecule has 0 bridgehead atoms. The molecule has 1 aliphatic heterocycles. The fraction of sp³-hybridized carbons (Fsp3) is 0.316. The van der Waals surface area contributed by atoms with E-state index in [0.717, 1.165) is 25.2 Å². The first-order valence-corrected chi connectivity index (χ1v) is 9.00. The van der Waals surface area contributed by atoms with E-state index in [1.165, 1.54) is 31.4 Å². The molecule has 1 aliphatic rings. The van der Waals surface area contributed by atoms with Gasteiger partial charge in [0.1, 0.15) is 11.6 Å². The number of piperazine rings is 1.